The lowest BCUT2D eigenvalue weighted by Gasteiger charge is -2.29. The van der Waals surface area contributed by atoms with Crippen LogP contribution in [0.1, 0.15) is 21.6 Å². The Morgan fingerprint density at radius 1 is 1.09 bits per heavy atom. The molecule has 1 saturated heterocycles. The van der Waals surface area contributed by atoms with Crippen LogP contribution >= 0.6 is 0 Å². The van der Waals surface area contributed by atoms with Gasteiger partial charge in [0, 0.05) is 43.7 Å². The number of aromatic nitrogens is 2. The lowest BCUT2D eigenvalue weighted by molar-refractivity contribution is -0.384. The average Bonchev–Trinajstić information content (AvgIpc) is 3.33. The number of nitro groups is 1. The average molecular weight is 475 g/mol. The monoisotopic (exact) mass is 475 g/mol. The van der Waals surface area contributed by atoms with Gasteiger partial charge in [0.15, 0.2) is 5.69 Å². The van der Waals surface area contributed by atoms with Gasteiger partial charge in [-0.05, 0) is 35.9 Å². The van der Waals surface area contributed by atoms with Crippen molar-refractivity contribution in [3.8, 4) is 5.69 Å². The Kier molecular flexibility index (Phi) is 6.50. The number of halogens is 3. The Bertz CT molecular complexity index is 1190. The van der Waals surface area contributed by atoms with Crippen LogP contribution in [0.3, 0.4) is 0 Å². The highest BCUT2D eigenvalue weighted by Crippen LogP contribution is 2.35. The fraction of sp³-hybridized carbons (Fsp3) is 0.273. The number of carbonyl (C=O) groups excluding carboxylic acids is 1. The maximum atomic E-state index is 13.7. The number of alkyl halides is 3. The molecule has 1 fully saturated rings. The van der Waals surface area contributed by atoms with Crippen molar-refractivity contribution in [1.29, 1.82) is 0 Å². The topological polar surface area (TPSA) is 103 Å². The molecule has 9 nitrogen and oxygen atoms in total. The van der Waals surface area contributed by atoms with Gasteiger partial charge >= 0.3 is 6.18 Å². The van der Waals surface area contributed by atoms with E-state index >= 15 is 0 Å². The zero-order valence-corrected chi connectivity index (χ0v) is 17.8. The Morgan fingerprint density at radius 2 is 1.76 bits per heavy atom. The second-order valence-electron chi connectivity index (χ2n) is 7.54. The molecule has 0 unspecified atom stereocenters. The summed E-state index contributed by atoms with van der Waals surface area (Å²) in [6.45, 7) is 1.58. The minimum absolute atomic E-state index is 0.00292. The second-order valence-corrected chi connectivity index (χ2v) is 7.54. The van der Waals surface area contributed by atoms with Crippen molar-refractivity contribution in [3.63, 3.8) is 0 Å². The van der Waals surface area contributed by atoms with Crippen LogP contribution in [0, 0.1) is 10.1 Å². The van der Waals surface area contributed by atoms with Crippen LogP contribution in [0.4, 0.5) is 24.5 Å². The van der Waals surface area contributed by atoms with Crippen LogP contribution in [0.2, 0.25) is 0 Å². The first-order valence-electron chi connectivity index (χ1n) is 10.3. The van der Waals surface area contributed by atoms with E-state index in [1.54, 1.807) is 6.07 Å². The fourth-order valence-corrected chi connectivity index (χ4v) is 3.58. The molecule has 0 bridgehead atoms. The largest absolute Gasteiger partial charge is 0.416 e. The van der Waals surface area contributed by atoms with Gasteiger partial charge in [0.25, 0.3) is 11.6 Å². The number of nitrogens with zero attached hydrogens (tertiary/aromatic N) is 4. The van der Waals surface area contributed by atoms with Crippen molar-refractivity contribution in [2.24, 2.45) is 0 Å². The van der Waals surface area contributed by atoms with E-state index in [9.17, 15) is 28.1 Å². The van der Waals surface area contributed by atoms with Crippen molar-refractivity contribution in [2.45, 2.75) is 12.7 Å². The maximum absolute atomic E-state index is 13.7. The molecule has 1 amide bonds. The smallest absolute Gasteiger partial charge is 0.378 e. The number of morpholine rings is 1. The summed E-state index contributed by atoms with van der Waals surface area (Å²) in [4.78, 5) is 24.6. The van der Waals surface area contributed by atoms with Crippen LogP contribution in [-0.4, -0.2) is 46.9 Å². The summed E-state index contributed by atoms with van der Waals surface area (Å²) in [6, 6.07) is 11.0. The Balaban J connectivity index is 1.46. The van der Waals surface area contributed by atoms with Gasteiger partial charge in [-0.3, -0.25) is 14.9 Å². The highest BCUT2D eigenvalue weighted by molar-refractivity contribution is 5.92. The van der Waals surface area contributed by atoms with E-state index in [0.717, 1.165) is 6.07 Å². The SMILES string of the molecule is O=C(NCc1ccc(N2CCOCC2)cc1C(F)(F)F)c1ccn(-c2ccc([N+](=O)[O-])cc2)n1. The number of anilines is 1. The first kappa shape index (κ1) is 23.2. The number of ether oxygens (including phenoxy) is 1. The number of amides is 1. The van der Waals surface area contributed by atoms with Gasteiger partial charge in [-0.25, -0.2) is 4.68 Å². The highest BCUT2D eigenvalue weighted by Gasteiger charge is 2.34. The molecule has 0 atom stereocenters. The second kappa shape index (κ2) is 9.51. The Morgan fingerprint density at radius 3 is 2.41 bits per heavy atom. The van der Waals surface area contributed by atoms with Gasteiger partial charge in [-0.2, -0.15) is 18.3 Å². The summed E-state index contributed by atoms with van der Waals surface area (Å²) in [5.74, 6) is -0.647. The summed E-state index contributed by atoms with van der Waals surface area (Å²) in [5, 5.41) is 17.4. The zero-order valence-electron chi connectivity index (χ0n) is 17.8. The van der Waals surface area contributed by atoms with Gasteiger partial charge in [-0.1, -0.05) is 6.07 Å². The van der Waals surface area contributed by atoms with Gasteiger partial charge < -0.3 is 15.0 Å². The first-order chi connectivity index (χ1) is 16.2. The van der Waals surface area contributed by atoms with E-state index in [-0.39, 0.29) is 23.5 Å². The minimum Gasteiger partial charge on any atom is -0.378 e. The van der Waals surface area contributed by atoms with Gasteiger partial charge in [0.1, 0.15) is 0 Å². The van der Waals surface area contributed by atoms with Crippen LogP contribution in [0.15, 0.2) is 54.7 Å². The molecule has 12 heteroatoms. The molecule has 3 aromatic rings. The van der Waals surface area contributed by atoms with E-state index in [4.69, 9.17) is 4.74 Å². The van der Waals surface area contributed by atoms with E-state index in [1.807, 2.05) is 4.90 Å². The third-order valence-electron chi connectivity index (χ3n) is 5.36. The van der Waals surface area contributed by atoms with E-state index in [2.05, 4.69) is 10.4 Å². The maximum Gasteiger partial charge on any atom is 0.416 e. The molecule has 1 aromatic heterocycles. The first-order valence-corrected chi connectivity index (χ1v) is 10.3. The summed E-state index contributed by atoms with van der Waals surface area (Å²) in [5.41, 5.74) is -0.0260. The molecule has 4 rings (SSSR count). The molecule has 2 heterocycles. The van der Waals surface area contributed by atoms with Crippen LogP contribution in [-0.2, 0) is 17.5 Å². The van der Waals surface area contributed by atoms with Crippen molar-refractivity contribution in [1.82, 2.24) is 15.1 Å². The van der Waals surface area contributed by atoms with E-state index < -0.39 is 22.6 Å². The molecule has 1 N–H and O–H groups in total. The molecular weight excluding hydrogens is 455 g/mol. The molecule has 0 saturated carbocycles. The molecule has 1 aliphatic rings. The summed E-state index contributed by atoms with van der Waals surface area (Å²) in [6.07, 6.45) is -3.10. The molecule has 2 aromatic carbocycles. The van der Waals surface area contributed by atoms with Crippen molar-refractivity contribution in [2.75, 3.05) is 31.2 Å². The standard InChI is InChI=1S/C22H20F3N5O4/c23-22(24,25)19-13-18(28-9-11-34-12-10-28)2-1-15(19)14-26-21(31)20-7-8-29(27-20)16-3-5-17(6-4-16)30(32)33/h1-8,13H,9-12,14H2,(H,26,31). The zero-order chi connectivity index (χ0) is 24.3. The third-order valence-corrected chi connectivity index (χ3v) is 5.36. The molecule has 0 spiro atoms. The normalized spacial score (nSPS) is 14.1. The summed E-state index contributed by atoms with van der Waals surface area (Å²) in [7, 11) is 0. The number of hydrogen-bond donors (Lipinski definition) is 1. The number of non-ortho nitro benzene ring substituents is 1. The van der Waals surface area contributed by atoms with Crippen molar-refractivity contribution >= 4 is 17.3 Å². The number of nitrogens with one attached hydrogen (secondary N) is 1. The third kappa shape index (κ3) is 5.17. The number of hydrogen-bond acceptors (Lipinski definition) is 6. The molecule has 1 aliphatic heterocycles. The van der Waals surface area contributed by atoms with Crippen molar-refractivity contribution in [3.05, 3.63) is 81.7 Å². The molecule has 0 aliphatic carbocycles. The molecular formula is C22H20F3N5O4. The Hall–Kier alpha value is -3.93. The molecule has 178 valence electrons. The van der Waals surface area contributed by atoms with E-state index in [1.165, 1.54) is 47.3 Å². The number of benzene rings is 2. The quantitative estimate of drug-likeness (QED) is 0.432. The lowest BCUT2D eigenvalue weighted by Crippen LogP contribution is -2.36. The predicted molar refractivity (Wildman–Crippen MR) is 116 cm³/mol. The minimum atomic E-state index is -4.58. The predicted octanol–water partition coefficient (Wildman–Crippen LogP) is 3.57. The lowest BCUT2D eigenvalue weighted by atomic mass is 10.0. The van der Waals surface area contributed by atoms with Crippen LogP contribution in [0.5, 0.6) is 0 Å². The van der Waals surface area contributed by atoms with Crippen molar-refractivity contribution < 1.29 is 27.6 Å². The van der Waals surface area contributed by atoms with E-state index in [0.29, 0.717) is 37.7 Å². The number of rotatable bonds is 6. The summed E-state index contributed by atoms with van der Waals surface area (Å²) >= 11 is 0. The fourth-order valence-electron chi connectivity index (χ4n) is 3.58. The van der Waals surface area contributed by atoms with Gasteiger partial charge in [-0.15, -0.1) is 0 Å². The molecule has 0 radical (unpaired) electrons. The highest BCUT2D eigenvalue weighted by atomic mass is 19.4. The van der Waals surface area contributed by atoms with Crippen LogP contribution in [0.25, 0.3) is 5.69 Å². The number of nitro benzene ring substituents is 1. The summed E-state index contributed by atoms with van der Waals surface area (Å²) < 4.78 is 47.7. The number of carbonyl (C=O) groups is 1. The van der Waals surface area contributed by atoms with Crippen LogP contribution < -0.4 is 10.2 Å². The van der Waals surface area contributed by atoms with Gasteiger partial charge in [0.05, 0.1) is 29.4 Å². The van der Waals surface area contributed by atoms with Gasteiger partial charge in [0.2, 0.25) is 0 Å². The Labute approximate surface area is 191 Å². The molecule has 34 heavy (non-hydrogen) atoms.